The molecular formula is C21H27F2N3O2. The quantitative estimate of drug-likeness (QED) is 0.473. The Morgan fingerprint density at radius 2 is 1.64 bits per heavy atom. The zero-order valence-electron chi connectivity index (χ0n) is 16.3. The van der Waals surface area contributed by atoms with Crippen molar-refractivity contribution in [3.63, 3.8) is 0 Å². The van der Waals surface area contributed by atoms with Crippen LogP contribution in [0.25, 0.3) is 0 Å². The number of alkyl halides is 2. The van der Waals surface area contributed by atoms with Gasteiger partial charge in [0.25, 0.3) is 0 Å². The van der Waals surface area contributed by atoms with Gasteiger partial charge in [0.05, 0.1) is 13.2 Å². The van der Waals surface area contributed by atoms with Gasteiger partial charge in [-0.05, 0) is 31.0 Å². The minimum Gasteiger partial charge on any atom is -0.434 e. The third kappa shape index (κ3) is 7.15. The first-order chi connectivity index (χ1) is 13.6. The van der Waals surface area contributed by atoms with Gasteiger partial charge in [-0.25, -0.2) is 4.99 Å². The monoisotopic (exact) mass is 391 g/mol. The summed E-state index contributed by atoms with van der Waals surface area (Å²) in [5, 5.41) is 6.44. The molecule has 2 rings (SSSR count). The highest BCUT2D eigenvalue weighted by Gasteiger charge is 2.09. The van der Waals surface area contributed by atoms with Gasteiger partial charge in [-0.15, -0.1) is 0 Å². The smallest absolute Gasteiger partial charge is 0.387 e. The molecule has 0 atom stereocenters. The molecule has 0 radical (unpaired) electrons. The fraction of sp³-hybridized carbons (Fsp3) is 0.381. The fourth-order valence-electron chi connectivity index (χ4n) is 2.61. The van der Waals surface area contributed by atoms with E-state index >= 15 is 0 Å². The molecule has 0 bridgehead atoms. The minimum absolute atomic E-state index is 0.138. The van der Waals surface area contributed by atoms with Gasteiger partial charge in [0.1, 0.15) is 5.75 Å². The van der Waals surface area contributed by atoms with Crippen molar-refractivity contribution < 1.29 is 18.3 Å². The van der Waals surface area contributed by atoms with Gasteiger partial charge < -0.3 is 20.1 Å². The lowest BCUT2D eigenvalue weighted by Gasteiger charge is -2.14. The first-order valence-electron chi connectivity index (χ1n) is 9.33. The van der Waals surface area contributed by atoms with Gasteiger partial charge in [0.15, 0.2) is 5.96 Å². The van der Waals surface area contributed by atoms with Crippen LogP contribution >= 0.6 is 0 Å². The summed E-state index contributed by atoms with van der Waals surface area (Å²) in [4.78, 5) is 4.50. The van der Waals surface area contributed by atoms with E-state index in [1.54, 1.807) is 18.2 Å². The number of nitrogens with one attached hydrogen (secondary N) is 2. The van der Waals surface area contributed by atoms with E-state index in [0.29, 0.717) is 37.8 Å². The van der Waals surface area contributed by atoms with E-state index in [0.717, 1.165) is 11.1 Å². The lowest BCUT2D eigenvalue weighted by atomic mass is 10.1. The van der Waals surface area contributed by atoms with Gasteiger partial charge in [-0.3, -0.25) is 0 Å². The third-order valence-electron chi connectivity index (χ3n) is 3.97. The molecule has 0 spiro atoms. The van der Waals surface area contributed by atoms with Crippen LogP contribution in [0.4, 0.5) is 8.78 Å². The predicted molar refractivity (Wildman–Crippen MR) is 107 cm³/mol. The third-order valence-corrected chi connectivity index (χ3v) is 3.97. The van der Waals surface area contributed by atoms with Crippen LogP contribution < -0.4 is 15.4 Å². The van der Waals surface area contributed by atoms with Crippen LogP contribution in [0.15, 0.2) is 53.5 Å². The largest absolute Gasteiger partial charge is 0.434 e. The number of hydrogen-bond donors (Lipinski definition) is 2. The molecule has 28 heavy (non-hydrogen) atoms. The molecule has 0 heterocycles. The van der Waals surface area contributed by atoms with Gasteiger partial charge in [0.2, 0.25) is 0 Å². The molecule has 7 heteroatoms. The van der Waals surface area contributed by atoms with Gasteiger partial charge in [-0.1, -0.05) is 42.5 Å². The standard InChI is InChI=1S/C21H27F2N3O2/c1-3-24-21(25-13-16-9-5-6-11-18(16)15-27-4-2)26-14-17-10-7-8-12-19(17)28-20(22)23/h5-12,20H,3-4,13-15H2,1-2H3,(H2,24,25,26). The van der Waals surface area contributed by atoms with Crippen molar-refractivity contribution >= 4 is 5.96 Å². The number of ether oxygens (including phenoxy) is 2. The van der Waals surface area contributed by atoms with Crippen LogP contribution in [0.1, 0.15) is 30.5 Å². The molecule has 0 aliphatic heterocycles. The minimum atomic E-state index is -2.86. The lowest BCUT2D eigenvalue weighted by molar-refractivity contribution is -0.0504. The zero-order valence-corrected chi connectivity index (χ0v) is 16.3. The molecule has 0 aliphatic rings. The van der Waals surface area contributed by atoms with Crippen molar-refractivity contribution in [2.45, 2.75) is 40.2 Å². The Morgan fingerprint density at radius 1 is 0.964 bits per heavy atom. The van der Waals surface area contributed by atoms with Crippen molar-refractivity contribution in [3.05, 3.63) is 65.2 Å². The maximum Gasteiger partial charge on any atom is 0.387 e. The normalized spacial score (nSPS) is 11.5. The number of guanidine groups is 1. The summed E-state index contributed by atoms with van der Waals surface area (Å²) in [5.74, 6) is 0.736. The van der Waals surface area contributed by atoms with E-state index in [9.17, 15) is 8.78 Å². The van der Waals surface area contributed by atoms with Crippen LogP contribution in [0.2, 0.25) is 0 Å². The second kappa shape index (κ2) is 11.9. The van der Waals surface area contributed by atoms with Crippen LogP contribution in [-0.2, 0) is 24.4 Å². The molecule has 5 nitrogen and oxygen atoms in total. The average Bonchev–Trinajstić information content (AvgIpc) is 2.69. The molecule has 2 N–H and O–H groups in total. The Hall–Kier alpha value is -2.67. The molecule has 0 fully saturated rings. The summed E-state index contributed by atoms with van der Waals surface area (Å²) in [6.45, 7) is 3.76. The molecule has 0 saturated heterocycles. The van der Waals surface area contributed by atoms with Crippen LogP contribution in [0, 0.1) is 0 Å². The van der Waals surface area contributed by atoms with Gasteiger partial charge in [-0.2, -0.15) is 8.78 Å². The zero-order chi connectivity index (χ0) is 20.2. The number of nitrogens with zero attached hydrogens (tertiary/aromatic N) is 1. The van der Waals surface area contributed by atoms with E-state index in [1.807, 2.05) is 38.1 Å². The maximum absolute atomic E-state index is 12.6. The second-order valence-corrected chi connectivity index (χ2v) is 5.94. The molecule has 2 aromatic carbocycles. The van der Waals surface area contributed by atoms with Crippen LogP contribution in [-0.4, -0.2) is 25.7 Å². The van der Waals surface area contributed by atoms with Crippen LogP contribution in [0.5, 0.6) is 5.75 Å². The van der Waals surface area contributed by atoms with Crippen molar-refractivity contribution in [3.8, 4) is 5.75 Å². The SMILES string of the molecule is CCNC(=NCc1ccccc1OC(F)F)NCc1ccccc1COCC. The average molecular weight is 391 g/mol. The molecule has 152 valence electrons. The van der Waals surface area contributed by atoms with E-state index < -0.39 is 6.61 Å². The maximum atomic E-state index is 12.6. The first-order valence-corrected chi connectivity index (χ1v) is 9.33. The highest BCUT2D eigenvalue weighted by Crippen LogP contribution is 2.21. The number of benzene rings is 2. The number of rotatable bonds is 10. The summed E-state index contributed by atoms with van der Waals surface area (Å²) in [6, 6.07) is 14.7. The van der Waals surface area contributed by atoms with E-state index in [-0.39, 0.29) is 12.3 Å². The van der Waals surface area contributed by atoms with Crippen LogP contribution in [0.3, 0.4) is 0 Å². The van der Waals surface area contributed by atoms with Crippen molar-refractivity contribution in [2.24, 2.45) is 4.99 Å². The number of hydrogen-bond acceptors (Lipinski definition) is 3. The highest BCUT2D eigenvalue weighted by molar-refractivity contribution is 5.79. The first kappa shape index (κ1) is 21.6. The molecular weight excluding hydrogens is 364 g/mol. The van der Waals surface area contributed by atoms with Crippen molar-refractivity contribution in [2.75, 3.05) is 13.2 Å². The highest BCUT2D eigenvalue weighted by atomic mass is 19.3. The fourth-order valence-corrected chi connectivity index (χ4v) is 2.61. The van der Waals surface area contributed by atoms with E-state index in [1.165, 1.54) is 6.07 Å². The Bertz CT molecular complexity index is 754. The topological polar surface area (TPSA) is 54.9 Å². The van der Waals surface area contributed by atoms with Gasteiger partial charge >= 0.3 is 6.61 Å². The summed E-state index contributed by atoms with van der Waals surface area (Å²) in [7, 11) is 0. The van der Waals surface area contributed by atoms with Crippen molar-refractivity contribution in [1.82, 2.24) is 10.6 Å². The van der Waals surface area contributed by atoms with E-state index in [2.05, 4.69) is 20.4 Å². The molecule has 0 saturated carbocycles. The Kier molecular flexibility index (Phi) is 9.21. The van der Waals surface area contributed by atoms with Crippen molar-refractivity contribution in [1.29, 1.82) is 0 Å². The predicted octanol–water partition coefficient (Wildman–Crippen LogP) is 4.08. The summed E-state index contributed by atoms with van der Waals surface area (Å²) < 4.78 is 35.2. The second-order valence-electron chi connectivity index (χ2n) is 5.94. The lowest BCUT2D eigenvalue weighted by Crippen LogP contribution is -2.37. The molecule has 0 amide bonds. The Morgan fingerprint density at radius 3 is 2.32 bits per heavy atom. The molecule has 0 aromatic heterocycles. The Balaban J connectivity index is 2.06. The Labute approximate surface area is 164 Å². The number of halogens is 2. The summed E-state index contributed by atoms with van der Waals surface area (Å²) >= 11 is 0. The van der Waals surface area contributed by atoms with Gasteiger partial charge in [0, 0.05) is 25.3 Å². The van der Waals surface area contributed by atoms with E-state index in [4.69, 9.17) is 4.74 Å². The summed E-state index contributed by atoms with van der Waals surface area (Å²) in [6.07, 6.45) is 0. The number of aliphatic imine (C=N–C) groups is 1. The molecule has 0 unspecified atom stereocenters. The summed E-state index contributed by atoms with van der Waals surface area (Å²) in [5.41, 5.74) is 2.82. The molecule has 2 aromatic rings. The molecule has 0 aliphatic carbocycles. The number of para-hydroxylation sites is 1.